The zero-order valence-corrected chi connectivity index (χ0v) is 28.5. The van der Waals surface area contributed by atoms with E-state index in [1.54, 1.807) is 13.8 Å². The van der Waals surface area contributed by atoms with Crippen molar-refractivity contribution in [3.05, 3.63) is 87.5 Å². The number of carbonyl (C=O) groups excluding carboxylic acids is 4. The number of hydrogen-bond acceptors (Lipinski definition) is 13. The van der Waals surface area contributed by atoms with Gasteiger partial charge in [-0.05, 0) is 25.0 Å². The number of methoxy groups -OCH3 is 1. The molecule has 6 atom stereocenters. The van der Waals surface area contributed by atoms with E-state index in [1.807, 2.05) is 30.3 Å². The average molecular weight is 704 g/mol. The van der Waals surface area contributed by atoms with Gasteiger partial charge in [-0.15, -0.1) is 0 Å². The minimum absolute atomic E-state index is 0.0588. The zero-order chi connectivity index (χ0) is 36.6. The molecule has 1 aliphatic heterocycles. The van der Waals surface area contributed by atoms with Crippen LogP contribution in [0.3, 0.4) is 0 Å². The van der Waals surface area contributed by atoms with E-state index in [0.29, 0.717) is 13.0 Å². The van der Waals surface area contributed by atoms with E-state index in [9.17, 15) is 39.6 Å². The Hall–Kier alpha value is -4.66. The van der Waals surface area contributed by atoms with Crippen molar-refractivity contribution in [2.75, 3.05) is 13.7 Å². The van der Waals surface area contributed by atoms with Gasteiger partial charge in [0, 0.05) is 55.0 Å². The van der Waals surface area contributed by atoms with E-state index in [1.165, 1.54) is 25.3 Å². The summed E-state index contributed by atoms with van der Waals surface area (Å²) in [7, 11) is 1.33. The highest BCUT2D eigenvalue weighted by atomic mass is 16.7. The van der Waals surface area contributed by atoms with Crippen LogP contribution in [-0.2, 0) is 36.8 Å². The maximum Gasteiger partial charge on any atom is 0.306 e. The fraction of sp³-hybridized carbons (Fsp3) is 0.421. The Balaban J connectivity index is 1.39. The molecule has 270 valence electrons. The van der Waals surface area contributed by atoms with Crippen LogP contribution >= 0.6 is 0 Å². The molecule has 1 saturated heterocycles. The first-order valence-electron chi connectivity index (χ1n) is 16.9. The highest BCUT2D eigenvalue weighted by Gasteiger charge is 2.50. The van der Waals surface area contributed by atoms with Gasteiger partial charge < -0.3 is 44.7 Å². The van der Waals surface area contributed by atoms with Crippen LogP contribution in [0.2, 0.25) is 0 Å². The zero-order valence-electron chi connectivity index (χ0n) is 28.5. The molecule has 0 spiro atoms. The molecule has 0 amide bonds. The maximum atomic E-state index is 14.0. The maximum absolute atomic E-state index is 14.0. The number of nitrogens with one attached hydrogen (secondary N) is 1. The van der Waals surface area contributed by atoms with Gasteiger partial charge in [0.15, 0.2) is 18.7 Å². The first-order valence-corrected chi connectivity index (χ1v) is 16.9. The Morgan fingerprint density at radius 3 is 2.43 bits per heavy atom. The number of ketones is 3. The quantitative estimate of drug-likeness (QED) is 0.113. The third-order valence-corrected chi connectivity index (χ3v) is 9.85. The van der Waals surface area contributed by atoms with E-state index >= 15 is 0 Å². The van der Waals surface area contributed by atoms with Gasteiger partial charge in [0.25, 0.3) is 0 Å². The van der Waals surface area contributed by atoms with Crippen LogP contribution in [-0.4, -0.2) is 87.6 Å². The van der Waals surface area contributed by atoms with Gasteiger partial charge >= 0.3 is 5.97 Å². The van der Waals surface area contributed by atoms with Crippen LogP contribution in [0.5, 0.6) is 17.2 Å². The molecule has 13 heteroatoms. The largest absolute Gasteiger partial charge is 0.507 e. The molecule has 0 radical (unpaired) electrons. The molecular formula is C38H41NO12. The van der Waals surface area contributed by atoms with E-state index in [-0.39, 0.29) is 40.8 Å². The second-order valence-electron chi connectivity index (χ2n) is 13.2. The molecule has 0 saturated carbocycles. The van der Waals surface area contributed by atoms with Crippen molar-refractivity contribution in [3.63, 3.8) is 0 Å². The number of phenols is 2. The number of ether oxygens (including phenoxy) is 4. The number of hydrogen-bond donors (Lipinski definition) is 5. The Kier molecular flexibility index (Phi) is 10.3. The number of aromatic hydroxyl groups is 2. The van der Waals surface area contributed by atoms with Crippen molar-refractivity contribution < 1.29 is 58.6 Å². The molecule has 2 aliphatic carbocycles. The lowest BCUT2D eigenvalue weighted by Crippen LogP contribution is -2.54. The second-order valence-corrected chi connectivity index (χ2v) is 13.2. The molecule has 51 heavy (non-hydrogen) atoms. The highest BCUT2D eigenvalue weighted by Crippen LogP contribution is 2.52. The van der Waals surface area contributed by atoms with Gasteiger partial charge in [0.05, 0.1) is 42.1 Å². The monoisotopic (exact) mass is 703 g/mol. The molecule has 3 aliphatic rings. The lowest BCUT2D eigenvalue weighted by Gasteiger charge is -2.43. The first-order chi connectivity index (χ1) is 24.4. The highest BCUT2D eigenvalue weighted by molar-refractivity contribution is 6.31. The number of aliphatic hydroxyl groups excluding tert-OH is 1. The van der Waals surface area contributed by atoms with Crippen molar-refractivity contribution in [1.29, 1.82) is 0 Å². The standard InChI is InChI=1S/C38H41NO12/c1-4-9-27(41)49-18-26(40)38(47)15-22-30(37(46)32-31(35(22)44)34(43)21-12-8-13-24(48-3)29(21)36(32)45)25(16-38)51-28-14-23(33(42)19(2)50-28)39-17-20-10-6-5-7-11-20/h5-8,10-13,19,23,25,28,33,39,42,44,46-47H,4,9,14-18H2,1-3H3/t19?,23-,25-,28-,33?,38-/m0/s1. The van der Waals surface area contributed by atoms with Crippen LogP contribution in [0.1, 0.15) is 94.2 Å². The minimum atomic E-state index is -2.30. The van der Waals surface area contributed by atoms with Gasteiger partial charge in [0.1, 0.15) is 22.8 Å². The van der Waals surface area contributed by atoms with Crippen LogP contribution < -0.4 is 10.1 Å². The van der Waals surface area contributed by atoms with E-state index in [0.717, 1.165) is 5.56 Å². The summed E-state index contributed by atoms with van der Waals surface area (Å²) in [6, 6.07) is 13.4. The Labute approximate surface area is 294 Å². The number of Topliss-reactive ketones (excluding diaryl/α,β-unsaturated/α-hetero) is 1. The molecule has 3 aromatic rings. The number of phenolic OH excluding ortho intramolecular Hbond substituents is 2. The van der Waals surface area contributed by atoms with E-state index in [2.05, 4.69) is 5.32 Å². The Bertz CT molecular complexity index is 1860. The lowest BCUT2D eigenvalue weighted by atomic mass is 9.72. The summed E-state index contributed by atoms with van der Waals surface area (Å²) in [6.07, 6.45) is -4.53. The predicted molar refractivity (Wildman–Crippen MR) is 180 cm³/mol. The van der Waals surface area contributed by atoms with Gasteiger partial charge in [-0.25, -0.2) is 0 Å². The smallest absolute Gasteiger partial charge is 0.306 e. The molecule has 0 aromatic heterocycles. The van der Waals surface area contributed by atoms with Gasteiger partial charge in [-0.1, -0.05) is 49.4 Å². The fourth-order valence-corrected chi connectivity index (χ4v) is 7.17. The molecular weight excluding hydrogens is 662 g/mol. The summed E-state index contributed by atoms with van der Waals surface area (Å²) in [5, 5.41) is 49.7. The van der Waals surface area contributed by atoms with Gasteiger partial charge in [-0.2, -0.15) is 0 Å². The van der Waals surface area contributed by atoms with Crippen molar-refractivity contribution in [3.8, 4) is 17.2 Å². The molecule has 3 aromatic carbocycles. The van der Waals surface area contributed by atoms with Crippen molar-refractivity contribution >= 4 is 23.3 Å². The summed E-state index contributed by atoms with van der Waals surface area (Å²) in [4.78, 5) is 53.4. The Morgan fingerprint density at radius 2 is 1.73 bits per heavy atom. The number of aliphatic hydroxyl groups is 2. The van der Waals surface area contributed by atoms with Crippen molar-refractivity contribution in [1.82, 2.24) is 5.32 Å². The molecule has 5 N–H and O–H groups in total. The van der Waals surface area contributed by atoms with E-state index < -0.39 is 102 Å². The molecule has 0 bridgehead atoms. The van der Waals surface area contributed by atoms with Crippen molar-refractivity contribution in [2.24, 2.45) is 0 Å². The Morgan fingerprint density at radius 1 is 1.00 bits per heavy atom. The third kappa shape index (κ3) is 6.75. The lowest BCUT2D eigenvalue weighted by molar-refractivity contribution is -0.250. The van der Waals surface area contributed by atoms with Gasteiger partial charge in [-0.3, -0.25) is 19.2 Å². The predicted octanol–water partition coefficient (Wildman–Crippen LogP) is 3.18. The molecule has 1 fully saturated rings. The number of carbonyl (C=O) groups is 4. The molecule has 13 nitrogen and oxygen atoms in total. The number of benzene rings is 3. The molecule has 6 rings (SSSR count). The average Bonchev–Trinajstić information content (AvgIpc) is 3.11. The molecule has 2 unspecified atom stereocenters. The number of fused-ring (bicyclic) bond motifs is 3. The number of esters is 1. The normalized spacial score (nSPS) is 25.4. The van der Waals surface area contributed by atoms with Crippen LogP contribution in [0.25, 0.3) is 0 Å². The third-order valence-electron chi connectivity index (χ3n) is 9.85. The minimum Gasteiger partial charge on any atom is -0.507 e. The van der Waals surface area contributed by atoms with Gasteiger partial charge in [0.2, 0.25) is 11.6 Å². The second kappa shape index (κ2) is 14.5. The summed E-state index contributed by atoms with van der Waals surface area (Å²) < 4.78 is 22.8. The summed E-state index contributed by atoms with van der Waals surface area (Å²) in [5.74, 6) is -4.35. The summed E-state index contributed by atoms with van der Waals surface area (Å²) in [5.41, 5.74) is -2.72. The van der Waals surface area contributed by atoms with Crippen LogP contribution in [0, 0.1) is 0 Å². The van der Waals surface area contributed by atoms with Crippen molar-refractivity contribution in [2.45, 2.75) is 88.7 Å². The van der Waals surface area contributed by atoms with E-state index in [4.69, 9.17) is 18.9 Å². The van der Waals surface area contributed by atoms with Crippen LogP contribution in [0.15, 0.2) is 48.5 Å². The summed E-state index contributed by atoms with van der Waals surface area (Å²) in [6.45, 7) is 3.09. The number of rotatable bonds is 11. The fourth-order valence-electron chi connectivity index (χ4n) is 7.17. The van der Waals surface area contributed by atoms with Crippen LogP contribution in [0.4, 0.5) is 0 Å². The topological polar surface area (TPSA) is 198 Å². The first kappa shape index (κ1) is 36.1. The molecule has 1 heterocycles. The SMILES string of the molecule is CCCC(=O)OCC(=O)[C@]1(O)Cc2c(O)c3c(c(O)c2[C@@H](O[C@H]2C[C@H](NCc4ccccc4)C(O)C(C)O2)C1)C(=O)c1c(OC)cccc1C3=O. The summed E-state index contributed by atoms with van der Waals surface area (Å²) >= 11 is 0.